The first-order valence-electron chi connectivity index (χ1n) is 20.8. The summed E-state index contributed by atoms with van der Waals surface area (Å²) in [5.41, 5.74) is 42.1. The molecule has 0 aromatic carbocycles. The number of ether oxygens (including phenoxy) is 8. The molecule has 0 spiro atoms. The van der Waals surface area contributed by atoms with E-state index in [0.717, 1.165) is 0 Å². The zero-order valence-corrected chi connectivity index (χ0v) is 34.3. The van der Waals surface area contributed by atoms with E-state index in [1.165, 1.54) is 0 Å². The van der Waals surface area contributed by atoms with Gasteiger partial charge in [-0.15, -0.1) is 0 Å². The molecule has 24 N–H and O–H groups in total. The summed E-state index contributed by atoms with van der Waals surface area (Å²) < 4.78 is 46.0. The fourth-order valence-electron chi connectivity index (χ4n) is 8.64. The molecule has 4 heterocycles. The molecule has 4 saturated heterocycles. The fourth-order valence-corrected chi connectivity index (χ4v) is 8.64. The molecule has 0 radical (unpaired) electrons. The Morgan fingerprint density at radius 3 is 1.23 bits per heavy atom. The maximum atomic E-state index is 10.7. The molecule has 1 unspecified atom stereocenters. The van der Waals surface area contributed by atoms with Crippen molar-refractivity contribution in [1.82, 2.24) is 0 Å². The normalized spacial score (nSPS) is 53.1. The van der Waals surface area contributed by atoms with Crippen LogP contribution < -0.4 is 40.1 Å². The first kappa shape index (κ1) is 51.0. The first-order chi connectivity index (χ1) is 28.8. The second kappa shape index (κ2) is 22.0. The van der Waals surface area contributed by atoms with Crippen molar-refractivity contribution in [2.75, 3.05) is 26.4 Å². The quantitative estimate of drug-likeness (QED) is 0.0865. The molecule has 27 atom stereocenters. The van der Waals surface area contributed by atoms with Crippen molar-refractivity contribution < 1.29 is 89.0 Å². The third-order valence-electron chi connectivity index (χ3n) is 12.8. The lowest BCUT2D eigenvalue weighted by Crippen LogP contribution is -2.68. The number of aliphatic hydroxyl groups excluding tert-OH is 10. The second-order valence-corrected chi connectivity index (χ2v) is 17.2. The molecule has 2 aliphatic carbocycles. The smallest absolute Gasteiger partial charge is 0.184 e. The van der Waals surface area contributed by atoms with Crippen molar-refractivity contribution >= 4 is 0 Å². The van der Waals surface area contributed by atoms with Gasteiger partial charge in [-0.25, -0.2) is 0 Å². The van der Waals surface area contributed by atoms with Crippen molar-refractivity contribution in [3.63, 3.8) is 0 Å². The highest BCUT2D eigenvalue weighted by molar-refractivity contribution is 5.02. The fraction of sp³-hybridized carbons (Fsp3) is 1.00. The van der Waals surface area contributed by atoms with Crippen LogP contribution in [0, 0.1) is 11.8 Å². The highest BCUT2D eigenvalue weighted by Crippen LogP contribution is 2.35. The summed E-state index contributed by atoms with van der Waals surface area (Å²) in [6.07, 6.45) is -19.1. The Balaban J connectivity index is 0.000000231. The Bertz CT molecular complexity index is 1340. The van der Waals surface area contributed by atoms with Gasteiger partial charge in [-0.2, -0.15) is 0 Å². The Kier molecular flexibility index (Phi) is 18.4. The molecule has 6 rings (SSSR count). The van der Waals surface area contributed by atoms with Crippen LogP contribution in [0.4, 0.5) is 0 Å². The Hall–Kier alpha value is -1.00. The highest BCUT2D eigenvalue weighted by atomic mass is 16.7. The van der Waals surface area contributed by atoms with Gasteiger partial charge in [0.1, 0.15) is 54.9 Å². The molecule has 25 heteroatoms. The molecule has 6 aliphatic rings. The summed E-state index contributed by atoms with van der Waals surface area (Å²) in [5, 5.41) is 101. The van der Waals surface area contributed by atoms with E-state index in [-0.39, 0.29) is 44.9 Å². The van der Waals surface area contributed by atoms with Crippen LogP contribution in [0.1, 0.15) is 33.1 Å². The van der Waals surface area contributed by atoms with E-state index < -0.39 is 165 Å². The lowest BCUT2D eigenvalue weighted by atomic mass is 9.84. The summed E-state index contributed by atoms with van der Waals surface area (Å²) in [6, 6.07) is -4.59. The molecule has 0 aromatic rings. The minimum absolute atomic E-state index is 0.0838. The van der Waals surface area contributed by atoms with Gasteiger partial charge in [0.25, 0.3) is 0 Å². The number of hydrogen-bond donors (Lipinski definition) is 17. The van der Waals surface area contributed by atoms with E-state index in [4.69, 9.17) is 78.0 Å². The maximum Gasteiger partial charge on any atom is 0.184 e. The van der Waals surface area contributed by atoms with Crippen molar-refractivity contribution in [3.05, 3.63) is 0 Å². The summed E-state index contributed by atoms with van der Waals surface area (Å²) >= 11 is 0. The van der Waals surface area contributed by atoms with Crippen LogP contribution in [0.25, 0.3) is 0 Å². The minimum atomic E-state index is -1.44. The Morgan fingerprint density at radius 1 is 0.426 bits per heavy atom. The van der Waals surface area contributed by atoms with Gasteiger partial charge in [0.15, 0.2) is 25.2 Å². The van der Waals surface area contributed by atoms with Gasteiger partial charge in [-0.05, 0) is 19.3 Å². The van der Waals surface area contributed by atoms with Gasteiger partial charge in [0, 0.05) is 42.5 Å². The van der Waals surface area contributed by atoms with Crippen LogP contribution in [0.2, 0.25) is 0 Å². The molecule has 2 saturated carbocycles. The monoisotopic (exact) mass is 889 g/mol. The Morgan fingerprint density at radius 2 is 0.820 bits per heavy atom. The van der Waals surface area contributed by atoms with E-state index in [9.17, 15) is 51.1 Å². The third kappa shape index (κ3) is 11.2. The first-order valence-corrected chi connectivity index (χ1v) is 20.8. The molecule has 25 nitrogen and oxygen atoms in total. The van der Waals surface area contributed by atoms with Gasteiger partial charge in [0.2, 0.25) is 0 Å². The zero-order chi connectivity index (χ0) is 45.2. The lowest BCUT2D eigenvalue weighted by Gasteiger charge is -2.47. The standard InChI is InChI=1S/C18H36N4O8.C18H35N3O10/c1-6-12(5-23)28-18(13(6)25)30-16-14(26)7(20)2-8(21)15(16)29-17-9(22)3-10(24)11(4-19)27-17;1-5-8(3-22)28-18(11(5)24)31-16-12(25)6(19)2-7(20)15(16)30-17-10(21)14(27)13(26)9(4-23)29-17/h6-18,23-26H,2-5,19-22H2,1H3;5-18,22-27H,2-4,19-21H2,1H3/t6-,7-,8+,9-,10+,11-,12-,13-,14+,15-,16-,17-,18+;5-,6-,7+,8-,9-,10?,11-,12+,13-,14-,15-,16-,17-,18+/m11/s1. The van der Waals surface area contributed by atoms with E-state index in [2.05, 4.69) is 0 Å². The number of rotatable bonds is 12. The minimum Gasteiger partial charge on any atom is -0.394 e. The highest BCUT2D eigenvalue weighted by Gasteiger charge is 2.53. The van der Waals surface area contributed by atoms with E-state index >= 15 is 0 Å². The van der Waals surface area contributed by atoms with Crippen LogP contribution >= 0.6 is 0 Å². The van der Waals surface area contributed by atoms with Crippen LogP contribution in [-0.4, -0.2) is 230 Å². The number of aliphatic hydroxyl groups is 10. The van der Waals surface area contributed by atoms with Crippen molar-refractivity contribution in [3.8, 4) is 0 Å². The average molecular weight is 890 g/mol. The van der Waals surface area contributed by atoms with Gasteiger partial charge in [-0.1, -0.05) is 13.8 Å². The van der Waals surface area contributed by atoms with E-state index in [1.54, 1.807) is 13.8 Å². The lowest BCUT2D eigenvalue weighted by molar-refractivity contribution is -0.310. The van der Waals surface area contributed by atoms with Crippen LogP contribution in [0.5, 0.6) is 0 Å². The summed E-state index contributed by atoms with van der Waals surface area (Å²) in [6.45, 7) is 2.31. The molecular formula is C36H71N7O18. The molecule has 61 heavy (non-hydrogen) atoms. The average Bonchev–Trinajstić information content (AvgIpc) is 3.66. The molecular weight excluding hydrogens is 818 g/mol. The molecule has 0 aromatic heterocycles. The number of hydrogen-bond acceptors (Lipinski definition) is 25. The zero-order valence-electron chi connectivity index (χ0n) is 34.3. The van der Waals surface area contributed by atoms with E-state index in [1.807, 2.05) is 0 Å². The van der Waals surface area contributed by atoms with Gasteiger partial charge < -0.3 is 129 Å². The van der Waals surface area contributed by atoms with Crippen LogP contribution in [-0.2, 0) is 37.9 Å². The van der Waals surface area contributed by atoms with Crippen LogP contribution in [0.3, 0.4) is 0 Å². The Labute approximate surface area is 353 Å². The van der Waals surface area contributed by atoms with Gasteiger partial charge >= 0.3 is 0 Å². The van der Waals surface area contributed by atoms with Crippen LogP contribution in [0.15, 0.2) is 0 Å². The van der Waals surface area contributed by atoms with Crippen molar-refractivity contribution in [2.45, 2.75) is 186 Å². The summed E-state index contributed by atoms with van der Waals surface area (Å²) in [7, 11) is 0. The predicted molar refractivity (Wildman–Crippen MR) is 207 cm³/mol. The SMILES string of the molecule is C[C@H]1[C@@H](O)[C@H](O[C@@H]2[C@@H](O)[C@H](N)C[C@H](N)[C@H]2O[C@H]2O[C@H](CN)[C@@H](O)C[C@H]2N)O[C@@H]1CO.C[C@H]1[C@@H](O)[C@H](O[C@@H]2[C@@H](O)[C@H](N)C[C@H](N)[C@H]2O[C@H]2O[C@H](CO)[C@@H](O)[C@H](O)C2N)O[C@@H]1CO. The molecule has 6 fully saturated rings. The van der Waals surface area contributed by atoms with Crippen molar-refractivity contribution in [2.24, 2.45) is 52.0 Å². The predicted octanol–water partition coefficient (Wildman–Crippen LogP) is -9.69. The van der Waals surface area contributed by atoms with Gasteiger partial charge in [0.05, 0.1) is 68.5 Å². The number of nitrogens with two attached hydrogens (primary N) is 7. The van der Waals surface area contributed by atoms with Crippen molar-refractivity contribution in [1.29, 1.82) is 0 Å². The maximum absolute atomic E-state index is 10.7. The molecule has 0 bridgehead atoms. The summed E-state index contributed by atoms with van der Waals surface area (Å²) in [5.74, 6) is -0.793. The molecule has 0 amide bonds. The third-order valence-corrected chi connectivity index (χ3v) is 12.8. The molecule has 4 aliphatic heterocycles. The molecule has 358 valence electrons. The second-order valence-electron chi connectivity index (χ2n) is 17.2. The topological polar surface area (TPSA) is 458 Å². The van der Waals surface area contributed by atoms with Gasteiger partial charge in [-0.3, -0.25) is 0 Å². The summed E-state index contributed by atoms with van der Waals surface area (Å²) in [4.78, 5) is 0. The van der Waals surface area contributed by atoms with E-state index in [0.29, 0.717) is 0 Å². The largest absolute Gasteiger partial charge is 0.394 e.